The fourth-order valence-electron chi connectivity index (χ4n) is 0.722. The highest BCUT2D eigenvalue weighted by Crippen LogP contribution is 2.10. The normalized spacial score (nSPS) is 8.14. The lowest BCUT2D eigenvalue weighted by Crippen LogP contribution is -2.16. The zero-order valence-electron chi connectivity index (χ0n) is 8.19. The molecule has 0 radical (unpaired) electrons. The van der Waals surface area contributed by atoms with Crippen LogP contribution in [-0.4, -0.2) is 12.4 Å². The van der Waals surface area contributed by atoms with Gasteiger partial charge in [-0.1, -0.05) is 17.7 Å². The van der Waals surface area contributed by atoms with E-state index >= 15 is 0 Å². The van der Waals surface area contributed by atoms with E-state index in [4.69, 9.17) is 10.5 Å². The van der Waals surface area contributed by atoms with E-state index in [1.165, 1.54) is 6.92 Å². The van der Waals surface area contributed by atoms with Gasteiger partial charge in [-0.25, -0.2) is 4.79 Å². The van der Waals surface area contributed by atoms with Crippen molar-refractivity contribution in [1.29, 1.82) is 0 Å². The van der Waals surface area contributed by atoms with Crippen LogP contribution in [0, 0.1) is 6.92 Å². The number of aryl methyl sites for hydroxylation is 1. The standard InChI is InChI=1S/C8H9NO2.C2H4O/c1-6-2-4-7(5-3-6)11-8(9)10;1-2-3/h2-5H,1H3,(H2,9,10);2H,1H3. The summed E-state index contributed by atoms with van der Waals surface area (Å²) >= 11 is 0. The van der Waals surface area contributed by atoms with E-state index in [0.29, 0.717) is 5.75 Å². The number of primary amides is 1. The van der Waals surface area contributed by atoms with Gasteiger partial charge >= 0.3 is 6.09 Å². The molecule has 0 fully saturated rings. The summed E-state index contributed by atoms with van der Waals surface area (Å²) in [5.74, 6) is 0.475. The smallest absolute Gasteiger partial charge is 0.409 e. The Kier molecular flexibility index (Phi) is 5.78. The molecule has 4 nitrogen and oxygen atoms in total. The third-order valence-corrected chi connectivity index (χ3v) is 1.24. The lowest BCUT2D eigenvalue weighted by atomic mass is 10.2. The maximum atomic E-state index is 10.3. The largest absolute Gasteiger partial charge is 0.411 e. The lowest BCUT2D eigenvalue weighted by Gasteiger charge is -1.99. The van der Waals surface area contributed by atoms with E-state index in [2.05, 4.69) is 4.74 Å². The molecule has 76 valence electrons. The second kappa shape index (κ2) is 6.65. The Morgan fingerprint density at radius 2 is 1.79 bits per heavy atom. The van der Waals surface area contributed by atoms with Gasteiger partial charge in [-0.05, 0) is 26.0 Å². The Hall–Kier alpha value is -1.84. The Bertz CT molecular complexity index is 293. The molecule has 0 atom stereocenters. The molecule has 2 N–H and O–H groups in total. The second-order valence-corrected chi connectivity index (χ2v) is 2.47. The Labute approximate surface area is 82.7 Å². The first-order chi connectivity index (χ1) is 6.60. The van der Waals surface area contributed by atoms with Gasteiger partial charge in [0.2, 0.25) is 0 Å². The summed E-state index contributed by atoms with van der Waals surface area (Å²) in [6.45, 7) is 3.40. The molecule has 1 aromatic carbocycles. The number of ether oxygens (including phenoxy) is 1. The molecule has 0 aliphatic rings. The molecule has 0 spiro atoms. The molecule has 0 bridgehead atoms. The predicted octanol–water partition coefficient (Wildman–Crippen LogP) is 1.66. The van der Waals surface area contributed by atoms with Gasteiger partial charge in [0.15, 0.2) is 0 Å². The number of aldehydes is 1. The number of hydrogen-bond acceptors (Lipinski definition) is 3. The Balaban J connectivity index is 0.000000500. The summed E-state index contributed by atoms with van der Waals surface area (Å²) in [7, 11) is 0. The monoisotopic (exact) mass is 195 g/mol. The van der Waals surface area contributed by atoms with Gasteiger partial charge in [0.05, 0.1) is 0 Å². The molecule has 4 heteroatoms. The van der Waals surface area contributed by atoms with Gasteiger partial charge in [0.1, 0.15) is 12.0 Å². The first-order valence-electron chi connectivity index (χ1n) is 4.04. The molecule has 0 aliphatic heterocycles. The molecule has 0 aliphatic carbocycles. The summed E-state index contributed by atoms with van der Waals surface area (Å²) in [4.78, 5) is 19.1. The van der Waals surface area contributed by atoms with Crippen molar-refractivity contribution in [2.24, 2.45) is 5.73 Å². The number of hydrogen-bond donors (Lipinski definition) is 1. The van der Waals surface area contributed by atoms with E-state index in [9.17, 15) is 4.79 Å². The molecule has 0 saturated carbocycles. The molecule has 14 heavy (non-hydrogen) atoms. The molecule has 1 rings (SSSR count). The van der Waals surface area contributed by atoms with Crippen LogP contribution in [0.3, 0.4) is 0 Å². The number of carbonyl (C=O) groups excluding carboxylic acids is 2. The zero-order valence-corrected chi connectivity index (χ0v) is 8.19. The summed E-state index contributed by atoms with van der Waals surface area (Å²) in [6, 6.07) is 7.08. The van der Waals surface area contributed by atoms with E-state index in [0.717, 1.165) is 11.8 Å². The van der Waals surface area contributed by atoms with E-state index in [1.807, 2.05) is 19.1 Å². The van der Waals surface area contributed by atoms with Gasteiger partial charge in [0, 0.05) is 0 Å². The highest BCUT2D eigenvalue weighted by atomic mass is 16.5. The van der Waals surface area contributed by atoms with E-state index in [1.54, 1.807) is 12.1 Å². The Morgan fingerprint density at radius 3 is 2.14 bits per heavy atom. The van der Waals surface area contributed by atoms with Gasteiger partial charge in [-0.2, -0.15) is 0 Å². The topological polar surface area (TPSA) is 69.4 Å². The van der Waals surface area contributed by atoms with Gasteiger partial charge in [-0.15, -0.1) is 0 Å². The van der Waals surface area contributed by atoms with Crippen molar-refractivity contribution in [3.05, 3.63) is 29.8 Å². The van der Waals surface area contributed by atoms with Crippen molar-refractivity contribution in [1.82, 2.24) is 0 Å². The minimum absolute atomic E-state index is 0.475. The van der Waals surface area contributed by atoms with E-state index < -0.39 is 6.09 Å². The van der Waals surface area contributed by atoms with Crippen LogP contribution in [-0.2, 0) is 4.79 Å². The second-order valence-electron chi connectivity index (χ2n) is 2.47. The molecular formula is C10H13NO3. The number of benzene rings is 1. The summed E-state index contributed by atoms with van der Waals surface area (Å²) < 4.78 is 4.61. The van der Waals surface area contributed by atoms with Crippen molar-refractivity contribution >= 4 is 12.4 Å². The van der Waals surface area contributed by atoms with Crippen LogP contribution in [0.4, 0.5) is 4.79 Å². The third-order valence-electron chi connectivity index (χ3n) is 1.24. The maximum Gasteiger partial charge on any atom is 0.409 e. The van der Waals surface area contributed by atoms with Gasteiger partial charge in [0.25, 0.3) is 0 Å². The number of nitrogens with two attached hydrogens (primary N) is 1. The fourth-order valence-corrected chi connectivity index (χ4v) is 0.722. The number of rotatable bonds is 1. The maximum absolute atomic E-state index is 10.3. The first-order valence-corrected chi connectivity index (χ1v) is 4.04. The zero-order chi connectivity index (χ0) is 11.0. The third kappa shape index (κ3) is 5.77. The van der Waals surface area contributed by atoms with E-state index in [-0.39, 0.29) is 0 Å². The summed E-state index contributed by atoms with van der Waals surface area (Å²) in [5, 5.41) is 0. The average molecular weight is 195 g/mol. The van der Waals surface area contributed by atoms with Gasteiger partial charge < -0.3 is 15.3 Å². The van der Waals surface area contributed by atoms with Crippen LogP contribution in [0.2, 0.25) is 0 Å². The number of amides is 1. The molecule has 1 amide bonds. The van der Waals surface area contributed by atoms with Crippen molar-refractivity contribution in [2.75, 3.05) is 0 Å². The van der Waals surface area contributed by atoms with Crippen LogP contribution >= 0.6 is 0 Å². The van der Waals surface area contributed by atoms with Gasteiger partial charge in [-0.3, -0.25) is 0 Å². The Morgan fingerprint density at radius 1 is 1.36 bits per heavy atom. The van der Waals surface area contributed by atoms with Crippen molar-refractivity contribution in [3.8, 4) is 5.75 Å². The average Bonchev–Trinajstić information content (AvgIpc) is 2.09. The molecule has 1 aromatic rings. The number of carbonyl (C=O) groups is 2. The van der Waals surface area contributed by atoms with Crippen LogP contribution < -0.4 is 10.5 Å². The summed E-state index contributed by atoms with van der Waals surface area (Å²) in [5.41, 5.74) is 5.91. The molecule has 0 unspecified atom stereocenters. The molecular weight excluding hydrogens is 182 g/mol. The highest BCUT2D eigenvalue weighted by molar-refractivity contribution is 5.67. The molecule has 0 aromatic heterocycles. The van der Waals surface area contributed by atoms with Crippen LogP contribution in [0.15, 0.2) is 24.3 Å². The molecule has 0 saturated heterocycles. The van der Waals surface area contributed by atoms with Crippen LogP contribution in [0.25, 0.3) is 0 Å². The predicted molar refractivity (Wildman–Crippen MR) is 53.1 cm³/mol. The van der Waals surface area contributed by atoms with Crippen LogP contribution in [0.5, 0.6) is 5.75 Å². The minimum atomic E-state index is -0.783. The van der Waals surface area contributed by atoms with Crippen molar-refractivity contribution in [3.63, 3.8) is 0 Å². The fraction of sp³-hybridized carbons (Fsp3) is 0.200. The first kappa shape index (κ1) is 12.2. The minimum Gasteiger partial charge on any atom is -0.411 e. The van der Waals surface area contributed by atoms with Crippen molar-refractivity contribution in [2.45, 2.75) is 13.8 Å². The molecule has 0 heterocycles. The van der Waals surface area contributed by atoms with Crippen molar-refractivity contribution < 1.29 is 14.3 Å². The lowest BCUT2D eigenvalue weighted by molar-refractivity contribution is -0.106. The summed E-state index contributed by atoms with van der Waals surface area (Å²) in [6.07, 6.45) is -0.0335. The quantitative estimate of drug-likeness (QED) is 0.693. The van der Waals surface area contributed by atoms with Crippen LogP contribution in [0.1, 0.15) is 12.5 Å². The highest BCUT2D eigenvalue weighted by Gasteiger charge is 1.95. The SMILES string of the molecule is CC=O.Cc1ccc(OC(N)=O)cc1.